The first-order chi connectivity index (χ1) is 9.08. The van der Waals surface area contributed by atoms with E-state index in [1.807, 2.05) is 43.9 Å². The molecule has 1 rings (SSSR count). The molecule has 1 aromatic carbocycles. The zero-order valence-electron chi connectivity index (χ0n) is 12.1. The van der Waals surface area contributed by atoms with Crippen LogP contribution in [-0.4, -0.2) is 30.5 Å². The molecule has 1 aromatic rings. The molecule has 106 valence electrons. The van der Waals surface area contributed by atoms with Crippen molar-refractivity contribution in [2.24, 2.45) is 0 Å². The summed E-state index contributed by atoms with van der Waals surface area (Å²) in [5.74, 6) is 1.03. The Kier molecular flexibility index (Phi) is 6.19. The fourth-order valence-electron chi connectivity index (χ4n) is 1.97. The van der Waals surface area contributed by atoms with E-state index in [0.29, 0.717) is 13.0 Å². The van der Waals surface area contributed by atoms with Gasteiger partial charge in [-0.15, -0.1) is 0 Å². The fraction of sp³-hybridized carbons (Fsp3) is 0.533. The summed E-state index contributed by atoms with van der Waals surface area (Å²) in [7, 11) is 0. The maximum absolute atomic E-state index is 11.8. The van der Waals surface area contributed by atoms with Crippen LogP contribution in [0, 0.1) is 6.92 Å². The first-order valence-electron chi connectivity index (χ1n) is 6.85. The van der Waals surface area contributed by atoms with Gasteiger partial charge in [-0.3, -0.25) is 4.79 Å². The maximum Gasteiger partial charge on any atom is 0.222 e. The van der Waals surface area contributed by atoms with Crippen LogP contribution >= 0.6 is 0 Å². The van der Waals surface area contributed by atoms with Gasteiger partial charge in [0.05, 0.1) is 6.61 Å². The van der Waals surface area contributed by atoms with Crippen molar-refractivity contribution in [3.8, 4) is 5.75 Å². The molecule has 0 aliphatic heterocycles. The van der Waals surface area contributed by atoms with Crippen LogP contribution in [-0.2, 0) is 4.79 Å². The van der Waals surface area contributed by atoms with Gasteiger partial charge >= 0.3 is 0 Å². The number of nitrogens with zero attached hydrogens (tertiary/aromatic N) is 1. The summed E-state index contributed by atoms with van der Waals surface area (Å²) in [6.45, 7) is 8.05. The second-order valence-electron chi connectivity index (χ2n) is 4.54. The summed E-state index contributed by atoms with van der Waals surface area (Å²) in [4.78, 5) is 13.6. The van der Waals surface area contributed by atoms with E-state index in [4.69, 9.17) is 10.5 Å². The lowest BCUT2D eigenvalue weighted by Crippen LogP contribution is -2.30. The highest BCUT2D eigenvalue weighted by Gasteiger charge is 2.08. The number of carbonyl (C=O) groups excluding carboxylic acids is 1. The Bertz CT molecular complexity index is 415. The van der Waals surface area contributed by atoms with Gasteiger partial charge in [0.1, 0.15) is 5.75 Å². The molecule has 1 amide bonds. The average molecular weight is 264 g/mol. The molecular formula is C15H24N2O2. The topological polar surface area (TPSA) is 55.6 Å². The molecule has 0 saturated carbocycles. The highest BCUT2D eigenvalue weighted by Crippen LogP contribution is 2.20. The van der Waals surface area contributed by atoms with E-state index >= 15 is 0 Å². The summed E-state index contributed by atoms with van der Waals surface area (Å²) in [5.41, 5.74) is 7.44. The normalized spacial score (nSPS) is 10.3. The first kappa shape index (κ1) is 15.3. The molecule has 0 fully saturated rings. The van der Waals surface area contributed by atoms with Crippen molar-refractivity contribution in [2.45, 2.75) is 33.6 Å². The predicted molar refractivity (Wildman–Crippen MR) is 78.2 cm³/mol. The average Bonchev–Trinajstić information content (AvgIpc) is 2.38. The monoisotopic (exact) mass is 264 g/mol. The fourth-order valence-corrected chi connectivity index (χ4v) is 1.97. The molecule has 0 unspecified atom stereocenters. The number of hydrogen-bond acceptors (Lipinski definition) is 3. The molecule has 4 nitrogen and oxygen atoms in total. The lowest BCUT2D eigenvalue weighted by atomic mass is 10.2. The van der Waals surface area contributed by atoms with Crippen molar-refractivity contribution < 1.29 is 9.53 Å². The van der Waals surface area contributed by atoms with Gasteiger partial charge in [0, 0.05) is 25.2 Å². The molecule has 0 spiro atoms. The van der Waals surface area contributed by atoms with Crippen molar-refractivity contribution in [3.05, 3.63) is 23.8 Å². The number of ether oxygens (including phenoxy) is 1. The van der Waals surface area contributed by atoms with Crippen LogP contribution in [0.4, 0.5) is 5.69 Å². The van der Waals surface area contributed by atoms with Gasteiger partial charge in [0.15, 0.2) is 0 Å². The van der Waals surface area contributed by atoms with Gasteiger partial charge in [-0.1, -0.05) is 0 Å². The van der Waals surface area contributed by atoms with Crippen LogP contribution in [0.5, 0.6) is 5.75 Å². The summed E-state index contributed by atoms with van der Waals surface area (Å²) >= 11 is 0. The Morgan fingerprint density at radius 1 is 1.32 bits per heavy atom. The van der Waals surface area contributed by atoms with Crippen molar-refractivity contribution in [2.75, 3.05) is 25.4 Å². The molecule has 0 aliphatic carbocycles. The highest BCUT2D eigenvalue weighted by molar-refractivity contribution is 5.76. The van der Waals surface area contributed by atoms with E-state index in [1.54, 1.807) is 0 Å². The third-order valence-electron chi connectivity index (χ3n) is 3.11. The minimum absolute atomic E-state index is 0.197. The number of amides is 1. The lowest BCUT2D eigenvalue weighted by molar-refractivity contribution is -0.131. The van der Waals surface area contributed by atoms with Gasteiger partial charge in [-0.2, -0.15) is 0 Å². The van der Waals surface area contributed by atoms with E-state index in [-0.39, 0.29) is 5.91 Å². The zero-order chi connectivity index (χ0) is 14.3. The van der Waals surface area contributed by atoms with E-state index in [1.165, 1.54) is 0 Å². The molecule has 2 N–H and O–H groups in total. The predicted octanol–water partition coefficient (Wildman–Crippen LogP) is 2.60. The number of carbonyl (C=O) groups is 1. The second-order valence-corrected chi connectivity index (χ2v) is 4.54. The Labute approximate surface area is 115 Å². The number of benzene rings is 1. The number of aryl methyl sites for hydroxylation is 1. The summed E-state index contributed by atoms with van der Waals surface area (Å²) in [6.07, 6.45) is 1.27. The molecule has 0 bridgehead atoms. The smallest absolute Gasteiger partial charge is 0.222 e. The van der Waals surface area contributed by atoms with Crippen molar-refractivity contribution in [1.29, 1.82) is 0 Å². The van der Waals surface area contributed by atoms with E-state index in [0.717, 1.165) is 36.5 Å². The van der Waals surface area contributed by atoms with Gasteiger partial charge in [-0.05, 0) is 51.0 Å². The van der Waals surface area contributed by atoms with Crippen LogP contribution in [0.2, 0.25) is 0 Å². The van der Waals surface area contributed by atoms with Crippen LogP contribution in [0.25, 0.3) is 0 Å². The van der Waals surface area contributed by atoms with E-state index in [9.17, 15) is 4.79 Å². The molecular weight excluding hydrogens is 240 g/mol. The van der Waals surface area contributed by atoms with Crippen LogP contribution < -0.4 is 10.5 Å². The summed E-state index contributed by atoms with van der Waals surface area (Å²) < 4.78 is 5.66. The minimum Gasteiger partial charge on any atom is -0.493 e. The second kappa shape index (κ2) is 7.67. The SMILES string of the molecule is CCN(CC)C(=O)CCCOc1ccc(N)cc1C. The quantitative estimate of drug-likeness (QED) is 0.608. The van der Waals surface area contributed by atoms with Gasteiger partial charge in [0.2, 0.25) is 5.91 Å². The van der Waals surface area contributed by atoms with Crippen molar-refractivity contribution in [1.82, 2.24) is 4.90 Å². The molecule has 0 heterocycles. The lowest BCUT2D eigenvalue weighted by Gasteiger charge is -2.18. The Balaban J connectivity index is 2.33. The molecule has 0 aliphatic rings. The van der Waals surface area contributed by atoms with E-state index in [2.05, 4.69) is 0 Å². The van der Waals surface area contributed by atoms with Gasteiger partial charge in [0.25, 0.3) is 0 Å². The maximum atomic E-state index is 11.8. The molecule has 0 saturated heterocycles. The van der Waals surface area contributed by atoms with Crippen LogP contribution in [0.1, 0.15) is 32.3 Å². The standard InChI is InChI=1S/C15H24N2O2/c1-4-17(5-2)15(18)7-6-10-19-14-9-8-13(16)11-12(14)3/h8-9,11H,4-7,10,16H2,1-3H3. The highest BCUT2D eigenvalue weighted by atomic mass is 16.5. The molecule has 0 aromatic heterocycles. The van der Waals surface area contributed by atoms with Gasteiger partial charge < -0.3 is 15.4 Å². The third-order valence-corrected chi connectivity index (χ3v) is 3.11. The largest absolute Gasteiger partial charge is 0.493 e. The molecule has 0 radical (unpaired) electrons. The Hall–Kier alpha value is -1.71. The molecule has 4 heteroatoms. The number of hydrogen-bond donors (Lipinski definition) is 1. The van der Waals surface area contributed by atoms with E-state index < -0.39 is 0 Å². The third kappa shape index (κ3) is 4.81. The Morgan fingerprint density at radius 2 is 2.00 bits per heavy atom. The number of rotatable bonds is 7. The minimum atomic E-state index is 0.197. The number of nitrogens with two attached hydrogens (primary N) is 1. The van der Waals surface area contributed by atoms with Gasteiger partial charge in [-0.25, -0.2) is 0 Å². The summed E-state index contributed by atoms with van der Waals surface area (Å²) in [6, 6.07) is 5.58. The molecule has 19 heavy (non-hydrogen) atoms. The number of anilines is 1. The van der Waals surface area contributed by atoms with Crippen molar-refractivity contribution >= 4 is 11.6 Å². The number of nitrogen functional groups attached to an aromatic ring is 1. The molecule has 0 atom stereocenters. The zero-order valence-corrected chi connectivity index (χ0v) is 12.1. The Morgan fingerprint density at radius 3 is 2.58 bits per heavy atom. The van der Waals surface area contributed by atoms with Crippen molar-refractivity contribution in [3.63, 3.8) is 0 Å². The van der Waals surface area contributed by atoms with Crippen LogP contribution in [0.15, 0.2) is 18.2 Å². The van der Waals surface area contributed by atoms with Crippen LogP contribution in [0.3, 0.4) is 0 Å². The first-order valence-corrected chi connectivity index (χ1v) is 6.85. The summed E-state index contributed by atoms with van der Waals surface area (Å²) in [5, 5.41) is 0.